The second kappa shape index (κ2) is 6.36. The highest BCUT2D eigenvalue weighted by atomic mass is 16.1. The van der Waals surface area contributed by atoms with Crippen molar-refractivity contribution >= 4 is 34.0 Å². The first-order valence-electron chi connectivity index (χ1n) is 7.34. The van der Waals surface area contributed by atoms with Crippen LogP contribution in [-0.4, -0.2) is 23.2 Å². The van der Waals surface area contributed by atoms with E-state index in [4.69, 9.17) is 0 Å². The molecule has 0 aliphatic carbocycles. The fourth-order valence-electron chi connectivity index (χ4n) is 2.49. The molecule has 1 amide bonds. The highest BCUT2D eigenvalue weighted by molar-refractivity contribution is 6.09. The maximum absolute atomic E-state index is 12.4. The fourth-order valence-corrected chi connectivity index (χ4v) is 2.49. The van der Waals surface area contributed by atoms with Gasteiger partial charge >= 0.3 is 0 Å². The van der Waals surface area contributed by atoms with Crippen LogP contribution in [0.3, 0.4) is 0 Å². The maximum Gasteiger partial charge on any atom is 0.221 e. The second-order valence-electron chi connectivity index (χ2n) is 5.29. The summed E-state index contributed by atoms with van der Waals surface area (Å²) in [7, 11) is 0. The molecule has 0 fully saturated rings. The average molecular weight is 307 g/mol. The third-order valence-electron chi connectivity index (χ3n) is 3.53. The molecular formula is C18H17N3O2. The average Bonchev–Trinajstić information content (AvgIpc) is 2.96. The molecule has 3 aromatic rings. The Kier molecular flexibility index (Phi) is 4.10. The van der Waals surface area contributed by atoms with E-state index in [9.17, 15) is 9.59 Å². The van der Waals surface area contributed by atoms with Crippen LogP contribution in [0, 0.1) is 0 Å². The van der Waals surface area contributed by atoms with Crippen molar-refractivity contribution < 1.29 is 9.59 Å². The number of rotatable bonds is 5. The van der Waals surface area contributed by atoms with Gasteiger partial charge in [-0.05, 0) is 24.3 Å². The standard InChI is InChI=1S/C18H17N3O2/c1-12(22)21-14-6-4-5-13(9-14)19-11-18(23)16-10-20-17-8-3-2-7-15(16)17/h2-10,19-20H,11H2,1H3,(H,21,22). The molecule has 0 bridgehead atoms. The van der Waals surface area contributed by atoms with Crippen molar-refractivity contribution in [2.75, 3.05) is 17.2 Å². The van der Waals surface area contributed by atoms with E-state index < -0.39 is 0 Å². The Morgan fingerprint density at radius 1 is 1.04 bits per heavy atom. The van der Waals surface area contributed by atoms with Gasteiger partial charge < -0.3 is 15.6 Å². The molecular weight excluding hydrogens is 290 g/mol. The van der Waals surface area contributed by atoms with Gasteiger partial charge in [-0.25, -0.2) is 0 Å². The minimum atomic E-state index is -0.128. The molecule has 3 N–H and O–H groups in total. The summed E-state index contributed by atoms with van der Waals surface area (Å²) < 4.78 is 0. The fraction of sp³-hybridized carbons (Fsp3) is 0.111. The molecule has 5 heteroatoms. The van der Waals surface area contributed by atoms with Gasteiger partial charge in [0.15, 0.2) is 5.78 Å². The molecule has 2 aromatic carbocycles. The summed E-state index contributed by atoms with van der Waals surface area (Å²) in [4.78, 5) is 26.6. The van der Waals surface area contributed by atoms with Crippen molar-refractivity contribution in [3.63, 3.8) is 0 Å². The number of aromatic nitrogens is 1. The second-order valence-corrected chi connectivity index (χ2v) is 5.29. The number of para-hydroxylation sites is 1. The van der Waals surface area contributed by atoms with Gasteiger partial charge in [0.25, 0.3) is 0 Å². The number of ketones is 1. The molecule has 0 aliphatic heterocycles. The first-order chi connectivity index (χ1) is 11.1. The van der Waals surface area contributed by atoms with Crippen molar-refractivity contribution in [3.8, 4) is 0 Å². The van der Waals surface area contributed by atoms with Crippen LogP contribution in [0.5, 0.6) is 0 Å². The van der Waals surface area contributed by atoms with E-state index >= 15 is 0 Å². The molecule has 3 rings (SSSR count). The molecule has 0 radical (unpaired) electrons. The van der Waals surface area contributed by atoms with Crippen molar-refractivity contribution in [1.82, 2.24) is 4.98 Å². The Morgan fingerprint density at radius 2 is 1.83 bits per heavy atom. The summed E-state index contributed by atoms with van der Waals surface area (Å²) in [5.74, 6) is -0.121. The van der Waals surface area contributed by atoms with Gasteiger partial charge in [-0.3, -0.25) is 9.59 Å². The molecule has 0 aliphatic rings. The molecule has 1 heterocycles. The zero-order valence-electron chi connectivity index (χ0n) is 12.7. The molecule has 0 unspecified atom stereocenters. The van der Waals surface area contributed by atoms with E-state index in [1.807, 2.05) is 36.4 Å². The summed E-state index contributed by atoms with van der Waals surface area (Å²) in [5.41, 5.74) is 3.10. The number of H-pyrrole nitrogens is 1. The number of nitrogens with one attached hydrogen (secondary N) is 3. The van der Waals surface area contributed by atoms with Crippen LogP contribution in [0.2, 0.25) is 0 Å². The highest BCUT2D eigenvalue weighted by Gasteiger charge is 2.11. The number of aromatic amines is 1. The van der Waals surface area contributed by atoms with Crippen LogP contribution in [0.15, 0.2) is 54.7 Å². The zero-order chi connectivity index (χ0) is 16.2. The monoisotopic (exact) mass is 307 g/mol. The Hall–Kier alpha value is -3.08. The molecule has 5 nitrogen and oxygen atoms in total. The Balaban J connectivity index is 1.70. The molecule has 0 saturated carbocycles. The Morgan fingerprint density at radius 3 is 2.65 bits per heavy atom. The number of hydrogen-bond acceptors (Lipinski definition) is 3. The van der Waals surface area contributed by atoms with Crippen LogP contribution in [-0.2, 0) is 4.79 Å². The minimum absolute atomic E-state index is 0.00683. The number of amides is 1. The van der Waals surface area contributed by atoms with Gasteiger partial charge in [0.1, 0.15) is 0 Å². The maximum atomic E-state index is 12.4. The third kappa shape index (κ3) is 3.40. The number of Topliss-reactive ketones (excluding diaryl/α,β-unsaturated/α-hetero) is 1. The van der Waals surface area contributed by atoms with Crippen molar-refractivity contribution in [3.05, 3.63) is 60.3 Å². The van der Waals surface area contributed by atoms with Gasteiger partial charge in [-0.1, -0.05) is 24.3 Å². The van der Waals surface area contributed by atoms with Crippen LogP contribution < -0.4 is 10.6 Å². The lowest BCUT2D eigenvalue weighted by Gasteiger charge is -2.08. The largest absolute Gasteiger partial charge is 0.378 e. The van der Waals surface area contributed by atoms with E-state index in [0.29, 0.717) is 11.3 Å². The van der Waals surface area contributed by atoms with Gasteiger partial charge in [-0.15, -0.1) is 0 Å². The number of carbonyl (C=O) groups is 2. The number of fused-ring (bicyclic) bond motifs is 1. The van der Waals surface area contributed by atoms with E-state index in [2.05, 4.69) is 15.6 Å². The van der Waals surface area contributed by atoms with E-state index in [-0.39, 0.29) is 18.2 Å². The van der Waals surface area contributed by atoms with E-state index in [1.165, 1.54) is 6.92 Å². The number of hydrogen-bond donors (Lipinski definition) is 3. The number of benzene rings is 2. The molecule has 116 valence electrons. The lowest BCUT2D eigenvalue weighted by Crippen LogP contribution is -2.14. The van der Waals surface area contributed by atoms with Gasteiger partial charge in [-0.2, -0.15) is 0 Å². The first kappa shape index (κ1) is 14.8. The van der Waals surface area contributed by atoms with Gasteiger partial charge in [0, 0.05) is 41.0 Å². The van der Waals surface area contributed by atoms with Crippen LogP contribution in [0.4, 0.5) is 11.4 Å². The summed E-state index contributed by atoms with van der Waals surface area (Å²) in [6, 6.07) is 15.0. The highest BCUT2D eigenvalue weighted by Crippen LogP contribution is 2.19. The predicted octanol–water partition coefficient (Wildman–Crippen LogP) is 3.42. The quantitative estimate of drug-likeness (QED) is 0.632. The third-order valence-corrected chi connectivity index (χ3v) is 3.53. The van der Waals surface area contributed by atoms with Crippen molar-refractivity contribution in [2.45, 2.75) is 6.92 Å². The smallest absolute Gasteiger partial charge is 0.221 e. The van der Waals surface area contributed by atoms with Gasteiger partial charge in [0.2, 0.25) is 5.91 Å². The lowest BCUT2D eigenvalue weighted by atomic mass is 10.1. The summed E-state index contributed by atoms with van der Waals surface area (Å²) >= 11 is 0. The van der Waals surface area contributed by atoms with Crippen LogP contribution in [0.25, 0.3) is 10.9 Å². The predicted molar refractivity (Wildman–Crippen MR) is 91.9 cm³/mol. The normalized spacial score (nSPS) is 10.5. The number of carbonyl (C=O) groups excluding carboxylic acids is 2. The minimum Gasteiger partial charge on any atom is -0.378 e. The van der Waals surface area contributed by atoms with E-state index in [1.54, 1.807) is 18.3 Å². The lowest BCUT2D eigenvalue weighted by molar-refractivity contribution is -0.114. The van der Waals surface area contributed by atoms with Crippen molar-refractivity contribution in [2.24, 2.45) is 0 Å². The van der Waals surface area contributed by atoms with Crippen molar-refractivity contribution in [1.29, 1.82) is 0 Å². The first-order valence-corrected chi connectivity index (χ1v) is 7.34. The van der Waals surface area contributed by atoms with E-state index in [0.717, 1.165) is 16.6 Å². The Labute approximate surface area is 133 Å². The molecule has 23 heavy (non-hydrogen) atoms. The SMILES string of the molecule is CC(=O)Nc1cccc(NCC(=O)c2c[nH]c3ccccc23)c1. The molecule has 0 saturated heterocycles. The molecule has 0 atom stereocenters. The van der Waals surface area contributed by atoms with Crippen LogP contribution >= 0.6 is 0 Å². The Bertz CT molecular complexity index is 867. The zero-order valence-corrected chi connectivity index (χ0v) is 12.7. The van der Waals surface area contributed by atoms with Crippen LogP contribution in [0.1, 0.15) is 17.3 Å². The van der Waals surface area contributed by atoms with Gasteiger partial charge in [0.05, 0.1) is 6.54 Å². The number of anilines is 2. The summed E-state index contributed by atoms with van der Waals surface area (Å²) in [6.45, 7) is 1.64. The summed E-state index contributed by atoms with van der Waals surface area (Å²) in [5, 5.41) is 6.73. The molecule has 1 aromatic heterocycles. The summed E-state index contributed by atoms with van der Waals surface area (Å²) in [6.07, 6.45) is 1.74. The molecule has 0 spiro atoms. The topological polar surface area (TPSA) is 74.0 Å².